The van der Waals surface area contributed by atoms with Crippen LogP contribution >= 0.6 is 0 Å². The van der Waals surface area contributed by atoms with Crippen molar-refractivity contribution in [2.45, 2.75) is 51.6 Å². The van der Waals surface area contributed by atoms with Gasteiger partial charge in [0.15, 0.2) is 0 Å². The van der Waals surface area contributed by atoms with Crippen molar-refractivity contribution in [3.63, 3.8) is 0 Å². The first kappa shape index (κ1) is 15.7. The fraction of sp³-hybridized carbons (Fsp3) is 0.529. The molecule has 1 aromatic carbocycles. The Morgan fingerprint density at radius 2 is 2.00 bits per heavy atom. The number of hydrogen-bond acceptors (Lipinski definition) is 3. The van der Waals surface area contributed by atoms with E-state index in [0.717, 1.165) is 31.5 Å². The Hall–Kier alpha value is -1.68. The van der Waals surface area contributed by atoms with Crippen LogP contribution < -0.4 is 5.32 Å². The Morgan fingerprint density at radius 3 is 2.67 bits per heavy atom. The van der Waals surface area contributed by atoms with Gasteiger partial charge < -0.3 is 5.32 Å². The first-order valence-electron chi connectivity index (χ1n) is 7.69. The molecule has 1 aliphatic heterocycles. The molecular formula is C17H24N2O2. The normalized spacial score (nSPS) is 20.8. The highest BCUT2D eigenvalue weighted by molar-refractivity contribution is 5.94. The molecule has 1 aromatic rings. The minimum atomic E-state index is -0.213. The van der Waals surface area contributed by atoms with E-state index in [1.54, 1.807) is 6.92 Å². The van der Waals surface area contributed by atoms with Gasteiger partial charge in [-0.2, -0.15) is 0 Å². The average Bonchev–Trinajstić information content (AvgIpc) is 2.47. The summed E-state index contributed by atoms with van der Waals surface area (Å²) in [6.45, 7) is 4.44. The van der Waals surface area contributed by atoms with E-state index in [1.165, 1.54) is 0 Å². The molecule has 4 nitrogen and oxygen atoms in total. The Labute approximate surface area is 126 Å². The van der Waals surface area contributed by atoms with Crippen LogP contribution in [0.2, 0.25) is 0 Å². The van der Waals surface area contributed by atoms with Gasteiger partial charge in [-0.15, -0.1) is 0 Å². The molecule has 114 valence electrons. The van der Waals surface area contributed by atoms with Gasteiger partial charge in [-0.3, -0.25) is 14.5 Å². The van der Waals surface area contributed by atoms with Crippen molar-refractivity contribution in [3.05, 3.63) is 30.3 Å². The number of amides is 1. The number of ketones is 1. The molecule has 1 heterocycles. The summed E-state index contributed by atoms with van der Waals surface area (Å²) < 4.78 is 0. The van der Waals surface area contributed by atoms with Crippen LogP contribution in [0.1, 0.15) is 39.5 Å². The van der Waals surface area contributed by atoms with Gasteiger partial charge >= 0.3 is 0 Å². The second-order valence-corrected chi connectivity index (χ2v) is 5.82. The number of rotatable bonds is 5. The van der Waals surface area contributed by atoms with Gasteiger partial charge in [-0.1, -0.05) is 24.6 Å². The lowest BCUT2D eigenvalue weighted by molar-refractivity contribution is -0.124. The maximum Gasteiger partial charge on any atom is 0.241 e. The third kappa shape index (κ3) is 4.39. The first-order valence-corrected chi connectivity index (χ1v) is 7.69. The summed E-state index contributed by atoms with van der Waals surface area (Å²) in [6, 6.07) is 9.48. The van der Waals surface area contributed by atoms with Gasteiger partial charge in [0.2, 0.25) is 5.91 Å². The number of nitrogens with zero attached hydrogens (tertiary/aromatic N) is 1. The lowest BCUT2D eigenvalue weighted by Gasteiger charge is -2.38. The van der Waals surface area contributed by atoms with E-state index >= 15 is 0 Å². The number of likely N-dealkylation sites (tertiary alicyclic amines) is 1. The zero-order chi connectivity index (χ0) is 15.2. The molecule has 0 saturated carbocycles. The monoisotopic (exact) mass is 288 g/mol. The number of carbonyl (C=O) groups excluding carboxylic acids is 2. The highest BCUT2D eigenvalue weighted by Gasteiger charge is 2.30. The van der Waals surface area contributed by atoms with Crippen LogP contribution in [0.4, 0.5) is 5.69 Å². The summed E-state index contributed by atoms with van der Waals surface area (Å²) in [7, 11) is 0. The van der Waals surface area contributed by atoms with E-state index in [-0.39, 0.29) is 23.8 Å². The van der Waals surface area contributed by atoms with Crippen molar-refractivity contribution in [1.82, 2.24) is 4.90 Å². The fourth-order valence-electron chi connectivity index (χ4n) is 3.00. The number of piperidine rings is 1. The summed E-state index contributed by atoms with van der Waals surface area (Å²) in [6.07, 6.45) is 3.78. The standard InChI is InChI=1S/C17H24N2O2/c1-13(20)12-16-10-6-7-11-19(16)14(2)17(21)18-15-8-4-3-5-9-15/h3-5,8-9,14,16H,6-7,10-12H2,1-2H3,(H,18,21). The molecule has 1 saturated heterocycles. The minimum absolute atomic E-state index is 0.00310. The number of hydrogen-bond donors (Lipinski definition) is 1. The molecule has 2 rings (SSSR count). The van der Waals surface area contributed by atoms with Crippen LogP contribution in [0.25, 0.3) is 0 Å². The maximum atomic E-state index is 12.4. The zero-order valence-electron chi connectivity index (χ0n) is 12.8. The van der Waals surface area contributed by atoms with Crippen LogP contribution in [0.5, 0.6) is 0 Å². The molecule has 1 amide bonds. The van der Waals surface area contributed by atoms with Crippen LogP contribution in [-0.4, -0.2) is 35.2 Å². The zero-order valence-corrected chi connectivity index (χ0v) is 12.8. The maximum absolute atomic E-state index is 12.4. The number of Topliss-reactive ketones (excluding diaryl/α,β-unsaturated/α-hetero) is 1. The summed E-state index contributed by atoms with van der Waals surface area (Å²) in [5, 5.41) is 2.95. The number of benzene rings is 1. The summed E-state index contributed by atoms with van der Waals surface area (Å²) in [4.78, 5) is 26.0. The van der Waals surface area contributed by atoms with Crippen molar-refractivity contribution in [2.24, 2.45) is 0 Å². The molecule has 4 heteroatoms. The van der Waals surface area contributed by atoms with Crippen LogP contribution in [0.3, 0.4) is 0 Å². The molecule has 0 aromatic heterocycles. The van der Waals surface area contributed by atoms with Gasteiger partial charge in [-0.05, 0) is 45.4 Å². The van der Waals surface area contributed by atoms with Gasteiger partial charge in [0.25, 0.3) is 0 Å². The predicted molar refractivity (Wildman–Crippen MR) is 84.2 cm³/mol. The Kier molecular flexibility index (Phi) is 5.51. The highest BCUT2D eigenvalue weighted by Crippen LogP contribution is 2.23. The van der Waals surface area contributed by atoms with E-state index in [1.807, 2.05) is 37.3 Å². The molecular weight excluding hydrogens is 264 g/mol. The smallest absolute Gasteiger partial charge is 0.241 e. The summed E-state index contributed by atoms with van der Waals surface area (Å²) >= 11 is 0. The third-order valence-electron chi connectivity index (χ3n) is 4.11. The number of anilines is 1. The number of carbonyl (C=O) groups is 2. The van der Waals surface area contributed by atoms with E-state index in [2.05, 4.69) is 10.2 Å². The Morgan fingerprint density at radius 1 is 1.29 bits per heavy atom. The van der Waals surface area contributed by atoms with Crippen molar-refractivity contribution in [2.75, 3.05) is 11.9 Å². The summed E-state index contributed by atoms with van der Waals surface area (Å²) in [5.41, 5.74) is 0.814. The number of nitrogens with one attached hydrogen (secondary N) is 1. The largest absolute Gasteiger partial charge is 0.325 e. The van der Waals surface area contributed by atoms with Crippen molar-refractivity contribution in [1.29, 1.82) is 0 Å². The molecule has 0 bridgehead atoms. The second kappa shape index (κ2) is 7.36. The van der Waals surface area contributed by atoms with Crippen molar-refractivity contribution >= 4 is 17.4 Å². The van der Waals surface area contributed by atoms with Crippen LogP contribution in [0.15, 0.2) is 30.3 Å². The molecule has 0 aliphatic carbocycles. The predicted octanol–water partition coefficient (Wildman–Crippen LogP) is 2.85. The molecule has 2 atom stereocenters. The third-order valence-corrected chi connectivity index (χ3v) is 4.11. The average molecular weight is 288 g/mol. The van der Waals surface area contributed by atoms with E-state index in [4.69, 9.17) is 0 Å². The van der Waals surface area contributed by atoms with Gasteiger partial charge in [-0.25, -0.2) is 0 Å². The van der Waals surface area contributed by atoms with E-state index in [9.17, 15) is 9.59 Å². The molecule has 1 N–H and O–H groups in total. The van der Waals surface area contributed by atoms with Crippen LogP contribution in [0, 0.1) is 0 Å². The SMILES string of the molecule is CC(=O)CC1CCCCN1C(C)C(=O)Nc1ccccc1. The van der Waals surface area contributed by atoms with Crippen molar-refractivity contribution in [3.8, 4) is 0 Å². The van der Waals surface area contributed by atoms with Gasteiger partial charge in [0.05, 0.1) is 6.04 Å². The quantitative estimate of drug-likeness (QED) is 0.906. The number of para-hydroxylation sites is 1. The molecule has 2 unspecified atom stereocenters. The first-order chi connectivity index (χ1) is 10.1. The second-order valence-electron chi connectivity index (χ2n) is 5.82. The Bertz CT molecular complexity index is 487. The highest BCUT2D eigenvalue weighted by atomic mass is 16.2. The molecule has 0 radical (unpaired) electrons. The van der Waals surface area contributed by atoms with Gasteiger partial charge in [0.1, 0.15) is 5.78 Å². The topological polar surface area (TPSA) is 49.4 Å². The molecule has 21 heavy (non-hydrogen) atoms. The molecule has 1 aliphatic rings. The van der Waals surface area contributed by atoms with Crippen molar-refractivity contribution < 1.29 is 9.59 Å². The van der Waals surface area contributed by atoms with E-state index < -0.39 is 0 Å². The van der Waals surface area contributed by atoms with E-state index in [0.29, 0.717) is 6.42 Å². The minimum Gasteiger partial charge on any atom is -0.325 e. The summed E-state index contributed by atoms with van der Waals surface area (Å²) in [5.74, 6) is 0.194. The Balaban J connectivity index is 2.00. The van der Waals surface area contributed by atoms with Crippen LogP contribution in [-0.2, 0) is 9.59 Å². The lowest BCUT2D eigenvalue weighted by atomic mass is 9.96. The molecule has 0 spiro atoms. The van der Waals surface area contributed by atoms with Gasteiger partial charge in [0, 0.05) is 18.2 Å². The molecule has 1 fully saturated rings. The fourth-order valence-corrected chi connectivity index (χ4v) is 3.00. The lowest BCUT2D eigenvalue weighted by Crippen LogP contribution is -2.50.